The van der Waals surface area contributed by atoms with Crippen LogP contribution in [0.5, 0.6) is 5.75 Å². The van der Waals surface area contributed by atoms with Gasteiger partial charge in [0.15, 0.2) is 0 Å². The summed E-state index contributed by atoms with van der Waals surface area (Å²) in [6.45, 7) is 14.2. The third kappa shape index (κ3) is 10.8. The fraction of sp³-hybridized carbons (Fsp3) is 0.581. The molecule has 3 nitrogen and oxygen atoms in total. The minimum atomic E-state index is -0.696. The van der Waals surface area contributed by atoms with Crippen LogP contribution < -0.4 is 4.74 Å². The van der Waals surface area contributed by atoms with Gasteiger partial charge in [0.05, 0.1) is 7.11 Å². The molecular formula is C31H48O3. The topological polar surface area (TPSA) is 35.5 Å². The average molecular weight is 469 g/mol. The van der Waals surface area contributed by atoms with Crippen molar-refractivity contribution in [1.29, 1.82) is 0 Å². The maximum absolute atomic E-state index is 10.6. The van der Waals surface area contributed by atoms with Crippen LogP contribution in [-0.4, -0.2) is 13.3 Å². The Labute approximate surface area is 209 Å². The van der Waals surface area contributed by atoms with E-state index in [0.717, 1.165) is 5.56 Å². The van der Waals surface area contributed by atoms with E-state index in [4.69, 9.17) is 4.74 Å². The molecule has 0 N–H and O–H groups in total. The van der Waals surface area contributed by atoms with Gasteiger partial charge in [-0.25, -0.2) is 4.79 Å². The van der Waals surface area contributed by atoms with E-state index in [0.29, 0.717) is 5.75 Å². The van der Waals surface area contributed by atoms with Crippen LogP contribution in [0, 0.1) is 44.4 Å². The van der Waals surface area contributed by atoms with Crippen molar-refractivity contribution >= 4 is 6.16 Å². The summed E-state index contributed by atoms with van der Waals surface area (Å²) in [6.07, 6.45) is 8.93. The number of rotatable bonds is 1. The molecule has 0 spiro atoms. The van der Waals surface area contributed by atoms with Crippen LogP contribution in [0.15, 0.2) is 48.5 Å². The SMILES string of the molecule is C1C2CC3CC1CC(C2)C3.CC.CC.COC(=O)Oc1ccc(C)cc1.Cc1ccc(C)cc1. The molecule has 0 unspecified atom stereocenters. The Morgan fingerprint density at radius 3 is 1.12 bits per heavy atom. The van der Waals surface area contributed by atoms with Gasteiger partial charge in [-0.15, -0.1) is 0 Å². The molecule has 4 bridgehead atoms. The van der Waals surface area contributed by atoms with E-state index in [1.165, 1.54) is 41.9 Å². The molecule has 0 amide bonds. The summed E-state index contributed by atoms with van der Waals surface area (Å²) in [5.74, 6) is 5.20. The summed E-state index contributed by atoms with van der Waals surface area (Å²) in [4.78, 5) is 10.6. The third-order valence-electron chi connectivity index (χ3n) is 6.61. The predicted octanol–water partition coefficient (Wildman–Crippen LogP) is 9.33. The van der Waals surface area contributed by atoms with E-state index in [2.05, 4.69) is 42.8 Å². The molecular weight excluding hydrogens is 420 g/mol. The van der Waals surface area contributed by atoms with Gasteiger partial charge in [-0.1, -0.05) is 80.8 Å². The monoisotopic (exact) mass is 468 g/mol. The van der Waals surface area contributed by atoms with Gasteiger partial charge < -0.3 is 9.47 Å². The zero-order chi connectivity index (χ0) is 25.5. The molecule has 4 saturated carbocycles. The van der Waals surface area contributed by atoms with Crippen LogP contribution >= 0.6 is 0 Å². The number of aryl methyl sites for hydroxylation is 3. The molecule has 0 aliphatic heterocycles. The zero-order valence-corrected chi connectivity index (χ0v) is 22.9. The molecule has 3 heteroatoms. The largest absolute Gasteiger partial charge is 0.513 e. The van der Waals surface area contributed by atoms with E-state index >= 15 is 0 Å². The molecule has 0 heterocycles. The number of hydrogen-bond acceptors (Lipinski definition) is 3. The van der Waals surface area contributed by atoms with E-state index in [1.54, 1.807) is 50.7 Å². The highest BCUT2D eigenvalue weighted by molar-refractivity contribution is 5.63. The lowest BCUT2D eigenvalue weighted by Crippen LogP contribution is -2.38. The van der Waals surface area contributed by atoms with E-state index in [1.807, 2.05) is 46.8 Å². The zero-order valence-electron chi connectivity index (χ0n) is 22.9. The second-order valence-electron chi connectivity index (χ2n) is 9.40. The smallest absolute Gasteiger partial charge is 0.437 e. The molecule has 0 saturated heterocycles. The predicted molar refractivity (Wildman–Crippen MR) is 144 cm³/mol. The van der Waals surface area contributed by atoms with Gasteiger partial charge in [0.25, 0.3) is 0 Å². The number of methoxy groups -OCH3 is 1. The standard InChI is InChI=1S/C10H16.C9H10O3.C8H10.2C2H6/c1-7-2-9-4-8(1)5-10(3-7)6-9;1-7-3-5-8(6-4-7)12-9(10)11-2;1-7-3-5-8(2)6-4-7;2*1-2/h7-10H,1-6H2;3-6H,1-2H3;3-6H,1-2H3;2*1-2H3. The van der Waals surface area contributed by atoms with Crippen LogP contribution in [0.25, 0.3) is 0 Å². The summed E-state index contributed by atoms with van der Waals surface area (Å²) in [7, 11) is 1.27. The van der Waals surface area contributed by atoms with Crippen molar-refractivity contribution in [2.45, 2.75) is 87.0 Å². The molecule has 6 rings (SSSR count). The highest BCUT2D eigenvalue weighted by atomic mass is 16.7. The second-order valence-corrected chi connectivity index (χ2v) is 9.40. The summed E-state index contributed by atoms with van der Waals surface area (Å²) in [5, 5.41) is 0. The minimum Gasteiger partial charge on any atom is -0.437 e. The molecule has 0 atom stereocenters. The fourth-order valence-corrected chi connectivity index (χ4v) is 5.36. The lowest BCUT2D eigenvalue weighted by Gasteiger charge is -2.49. The number of hydrogen-bond donors (Lipinski definition) is 0. The van der Waals surface area contributed by atoms with Gasteiger partial charge in [0, 0.05) is 0 Å². The Morgan fingerprint density at radius 2 is 0.853 bits per heavy atom. The summed E-state index contributed by atoms with van der Waals surface area (Å²) in [5.41, 5.74) is 3.78. The highest BCUT2D eigenvalue weighted by Crippen LogP contribution is 2.53. The Balaban J connectivity index is 0.000000241. The van der Waals surface area contributed by atoms with Gasteiger partial charge in [-0.2, -0.15) is 0 Å². The summed E-state index contributed by atoms with van der Waals surface area (Å²) in [6, 6.07) is 15.6. The minimum absolute atomic E-state index is 0.493. The molecule has 2 aromatic rings. The molecule has 4 aliphatic carbocycles. The van der Waals surface area contributed by atoms with E-state index < -0.39 is 6.16 Å². The quantitative estimate of drug-likeness (QED) is 0.309. The van der Waals surface area contributed by atoms with Gasteiger partial charge in [-0.05, 0) is 95.1 Å². The summed E-state index contributed by atoms with van der Waals surface area (Å²) >= 11 is 0. The molecule has 4 aliphatic rings. The normalized spacial score (nSPS) is 22.7. The van der Waals surface area contributed by atoms with Crippen LogP contribution in [0.4, 0.5) is 4.79 Å². The number of carbonyl (C=O) groups excluding carboxylic acids is 1. The molecule has 34 heavy (non-hydrogen) atoms. The Kier molecular flexibility index (Phi) is 14.3. The van der Waals surface area contributed by atoms with Crippen molar-refractivity contribution in [3.05, 3.63) is 65.2 Å². The lowest BCUT2D eigenvalue weighted by molar-refractivity contribution is 0.0198. The van der Waals surface area contributed by atoms with E-state index in [-0.39, 0.29) is 0 Å². The van der Waals surface area contributed by atoms with Crippen molar-refractivity contribution < 1.29 is 14.3 Å². The molecule has 4 fully saturated rings. The van der Waals surface area contributed by atoms with Crippen molar-refractivity contribution in [2.24, 2.45) is 23.7 Å². The molecule has 0 radical (unpaired) electrons. The number of ether oxygens (including phenoxy) is 2. The maximum atomic E-state index is 10.6. The summed E-state index contributed by atoms with van der Waals surface area (Å²) < 4.78 is 9.08. The van der Waals surface area contributed by atoms with Gasteiger partial charge in [0.1, 0.15) is 5.75 Å². The highest BCUT2D eigenvalue weighted by Gasteiger charge is 2.41. The average Bonchev–Trinajstić information content (AvgIpc) is 2.85. The van der Waals surface area contributed by atoms with Crippen molar-refractivity contribution in [3.8, 4) is 5.75 Å². The Morgan fingerprint density at radius 1 is 0.588 bits per heavy atom. The fourth-order valence-electron chi connectivity index (χ4n) is 5.36. The Hall–Kier alpha value is -2.29. The number of benzene rings is 2. The second kappa shape index (κ2) is 16.4. The maximum Gasteiger partial charge on any atom is 0.513 e. The van der Waals surface area contributed by atoms with Gasteiger partial charge in [-0.3, -0.25) is 0 Å². The molecule has 190 valence electrons. The number of carbonyl (C=O) groups is 1. The first-order valence-corrected chi connectivity index (χ1v) is 13.3. The third-order valence-corrected chi connectivity index (χ3v) is 6.61. The first kappa shape index (κ1) is 29.7. The van der Waals surface area contributed by atoms with Crippen molar-refractivity contribution in [1.82, 2.24) is 0 Å². The van der Waals surface area contributed by atoms with Crippen LogP contribution in [0.3, 0.4) is 0 Å². The lowest BCUT2D eigenvalue weighted by atomic mass is 9.56. The van der Waals surface area contributed by atoms with Gasteiger partial charge >= 0.3 is 6.16 Å². The van der Waals surface area contributed by atoms with Gasteiger partial charge in [0.2, 0.25) is 0 Å². The first-order valence-electron chi connectivity index (χ1n) is 13.3. The molecule has 2 aromatic carbocycles. The van der Waals surface area contributed by atoms with Crippen LogP contribution in [0.2, 0.25) is 0 Å². The van der Waals surface area contributed by atoms with Crippen molar-refractivity contribution in [3.63, 3.8) is 0 Å². The molecule has 0 aromatic heterocycles. The Bertz CT molecular complexity index is 715. The first-order chi connectivity index (χ1) is 16.4. The van der Waals surface area contributed by atoms with Crippen LogP contribution in [-0.2, 0) is 4.74 Å². The van der Waals surface area contributed by atoms with E-state index in [9.17, 15) is 4.79 Å². The van der Waals surface area contributed by atoms with Crippen molar-refractivity contribution in [2.75, 3.05) is 7.11 Å². The van der Waals surface area contributed by atoms with Crippen LogP contribution in [0.1, 0.15) is 82.9 Å².